The van der Waals surface area contributed by atoms with E-state index in [2.05, 4.69) is 15.2 Å². The fraction of sp³-hybridized carbons (Fsp3) is 0.240. The monoisotopic (exact) mass is 447 g/mol. The Kier molecular flexibility index (Phi) is 6.65. The third-order valence-corrected chi connectivity index (χ3v) is 5.64. The molecule has 2 aromatic carbocycles. The van der Waals surface area contributed by atoms with Gasteiger partial charge in [-0.15, -0.1) is 0 Å². The molecular formula is C25H26FN5O2. The number of nitrogens with zero attached hydrogens (tertiary/aromatic N) is 3. The van der Waals surface area contributed by atoms with E-state index in [1.54, 1.807) is 54.8 Å². The van der Waals surface area contributed by atoms with Crippen LogP contribution in [0.2, 0.25) is 0 Å². The third-order valence-electron chi connectivity index (χ3n) is 5.64. The van der Waals surface area contributed by atoms with E-state index in [4.69, 9.17) is 10.5 Å². The zero-order valence-electron chi connectivity index (χ0n) is 18.6. The summed E-state index contributed by atoms with van der Waals surface area (Å²) in [6, 6.07) is 11.2. The summed E-state index contributed by atoms with van der Waals surface area (Å²) in [6.45, 7) is 2.68. The average molecular weight is 448 g/mol. The summed E-state index contributed by atoms with van der Waals surface area (Å²) >= 11 is 0. The van der Waals surface area contributed by atoms with Crippen LogP contribution in [0.15, 0.2) is 61.1 Å². The van der Waals surface area contributed by atoms with Crippen LogP contribution in [0, 0.1) is 5.82 Å². The zero-order valence-corrected chi connectivity index (χ0v) is 18.6. The number of carbonyl (C=O) groups excluding carboxylic acids is 1. The van der Waals surface area contributed by atoms with Crippen molar-refractivity contribution in [2.24, 2.45) is 5.73 Å². The Hall–Kier alpha value is -3.78. The van der Waals surface area contributed by atoms with Crippen molar-refractivity contribution in [3.8, 4) is 16.9 Å². The van der Waals surface area contributed by atoms with Gasteiger partial charge in [0.2, 0.25) is 0 Å². The van der Waals surface area contributed by atoms with E-state index in [0.29, 0.717) is 36.4 Å². The average Bonchev–Trinajstić information content (AvgIpc) is 3.31. The van der Waals surface area contributed by atoms with Gasteiger partial charge in [-0.25, -0.2) is 4.39 Å². The minimum Gasteiger partial charge on any atom is -0.493 e. The van der Waals surface area contributed by atoms with Gasteiger partial charge in [-0.1, -0.05) is 12.1 Å². The lowest BCUT2D eigenvalue weighted by Crippen LogP contribution is -2.33. The molecule has 0 fully saturated rings. The van der Waals surface area contributed by atoms with Gasteiger partial charge in [-0.3, -0.25) is 14.9 Å². The Morgan fingerprint density at radius 3 is 2.82 bits per heavy atom. The Labute approximate surface area is 191 Å². The molecule has 0 radical (unpaired) electrons. The Morgan fingerprint density at radius 2 is 2.06 bits per heavy atom. The van der Waals surface area contributed by atoms with E-state index in [9.17, 15) is 9.18 Å². The van der Waals surface area contributed by atoms with E-state index >= 15 is 0 Å². The number of H-pyrrole nitrogens is 1. The molecule has 3 N–H and O–H groups in total. The first-order valence-electron chi connectivity index (χ1n) is 10.8. The maximum atomic E-state index is 13.8. The lowest BCUT2D eigenvalue weighted by atomic mass is 9.99. The number of rotatable bonds is 8. The van der Waals surface area contributed by atoms with Crippen molar-refractivity contribution >= 4 is 16.8 Å². The largest absolute Gasteiger partial charge is 0.493 e. The number of ether oxygens (including phenoxy) is 1. The Balaban J connectivity index is 1.69. The minimum atomic E-state index is -0.332. The maximum absolute atomic E-state index is 13.8. The quantitative estimate of drug-likeness (QED) is 0.419. The molecule has 0 saturated carbocycles. The van der Waals surface area contributed by atoms with Crippen LogP contribution in [0.4, 0.5) is 4.39 Å². The number of carbonyl (C=O) groups is 1. The van der Waals surface area contributed by atoms with Gasteiger partial charge in [0.05, 0.1) is 24.4 Å². The van der Waals surface area contributed by atoms with Crippen LogP contribution in [0.1, 0.15) is 35.3 Å². The summed E-state index contributed by atoms with van der Waals surface area (Å²) in [7, 11) is 1.75. The molecule has 0 bridgehead atoms. The van der Waals surface area contributed by atoms with Crippen LogP contribution in [-0.4, -0.2) is 46.2 Å². The van der Waals surface area contributed by atoms with Gasteiger partial charge in [0, 0.05) is 41.5 Å². The summed E-state index contributed by atoms with van der Waals surface area (Å²) in [5.41, 5.74) is 9.45. The molecule has 0 unspecified atom stereocenters. The highest BCUT2D eigenvalue weighted by Gasteiger charge is 2.25. The molecule has 1 amide bonds. The van der Waals surface area contributed by atoms with Gasteiger partial charge in [-0.05, 0) is 55.8 Å². The molecule has 0 spiro atoms. The molecule has 0 aliphatic rings. The second kappa shape index (κ2) is 9.79. The Bertz CT molecular complexity index is 1270. The van der Waals surface area contributed by atoms with E-state index in [1.165, 1.54) is 12.1 Å². The van der Waals surface area contributed by atoms with Crippen LogP contribution in [0.5, 0.6) is 5.75 Å². The van der Waals surface area contributed by atoms with Crippen LogP contribution in [0.25, 0.3) is 22.0 Å². The summed E-state index contributed by atoms with van der Waals surface area (Å²) in [5.74, 6) is 0.00725. The smallest absolute Gasteiger partial charge is 0.254 e. The molecule has 1 atom stereocenters. The first kappa shape index (κ1) is 22.4. The molecular weight excluding hydrogens is 421 g/mol. The van der Waals surface area contributed by atoms with Gasteiger partial charge in [0.25, 0.3) is 5.91 Å². The van der Waals surface area contributed by atoms with E-state index in [0.717, 1.165) is 22.0 Å². The van der Waals surface area contributed by atoms with Crippen molar-refractivity contribution in [3.63, 3.8) is 0 Å². The number of hydrogen-bond acceptors (Lipinski definition) is 5. The normalized spacial score (nSPS) is 12.0. The van der Waals surface area contributed by atoms with E-state index in [1.807, 2.05) is 13.0 Å². The van der Waals surface area contributed by atoms with Gasteiger partial charge in [-0.2, -0.15) is 5.10 Å². The van der Waals surface area contributed by atoms with Crippen molar-refractivity contribution in [1.82, 2.24) is 20.1 Å². The van der Waals surface area contributed by atoms with E-state index < -0.39 is 0 Å². The SMILES string of the molecule is CCOc1cc(C(=O)N(C)[C@H](CCN)c2cncc3cn[nH]c23)ccc1-c1cccc(F)c1. The lowest BCUT2D eigenvalue weighted by molar-refractivity contribution is 0.0724. The molecule has 4 aromatic rings. The van der Waals surface area contributed by atoms with Gasteiger partial charge >= 0.3 is 0 Å². The first-order chi connectivity index (χ1) is 16.0. The number of hydrogen-bond donors (Lipinski definition) is 2. The van der Waals surface area contributed by atoms with Crippen LogP contribution < -0.4 is 10.5 Å². The number of nitrogens with two attached hydrogens (primary N) is 1. The number of amides is 1. The predicted molar refractivity (Wildman–Crippen MR) is 125 cm³/mol. The van der Waals surface area contributed by atoms with Gasteiger partial charge in [0.1, 0.15) is 11.6 Å². The third kappa shape index (κ3) is 4.56. The molecule has 0 aliphatic heterocycles. The highest BCUT2D eigenvalue weighted by atomic mass is 19.1. The number of nitrogens with one attached hydrogen (secondary N) is 1. The molecule has 7 nitrogen and oxygen atoms in total. The van der Waals surface area contributed by atoms with Crippen molar-refractivity contribution in [2.45, 2.75) is 19.4 Å². The molecule has 0 saturated heterocycles. The summed E-state index contributed by atoms with van der Waals surface area (Å²) in [6.07, 6.45) is 5.72. The Morgan fingerprint density at radius 1 is 1.21 bits per heavy atom. The van der Waals surface area contributed by atoms with Crippen molar-refractivity contribution < 1.29 is 13.9 Å². The first-order valence-corrected chi connectivity index (χ1v) is 10.8. The number of benzene rings is 2. The number of pyridine rings is 1. The molecule has 170 valence electrons. The van der Waals surface area contributed by atoms with Crippen LogP contribution in [0.3, 0.4) is 0 Å². The minimum absolute atomic E-state index is 0.184. The molecule has 4 rings (SSSR count). The number of halogens is 1. The van der Waals surface area contributed by atoms with Crippen LogP contribution in [-0.2, 0) is 0 Å². The number of aromatic amines is 1. The zero-order chi connectivity index (χ0) is 23.4. The summed E-state index contributed by atoms with van der Waals surface area (Å²) in [4.78, 5) is 19.5. The fourth-order valence-electron chi connectivity index (χ4n) is 4.03. The molecule has 0 aliphatic carbocycles. The number of aromatic nitrogens is 3. The molecule has 2 aromatic heterocycles. The highest BCUT2D eigenvalue weighted by Crippen LogP contribution is 2.33. The summed E-state index contributed by atoms with van der Waals surface area (Å²) in [5, 5.41) is 7.97. The molecule has 33 heavy (non-hydrogen) atoms. The summed E-state index contributed by atoms with van der Waals surface area (Å²) < 4.78 is 19.6. The van der Waals surface area contributed by atoms with Crippen molar-refractivity contribution in [2.75, 3.05) is 20.2 Å². The van der Waals surface area contributed by atoms with Crippen molar-refractivity contribution in [1.29, 1.82) is 0 Å². The fourth-order valence-corrected chi connectivity index (χ4v) is 4.03. The maximum Gasteiger partial charge on any atom is 0.254 e. The van der Waals surface area contributed by atoms with Crippen molar-refractivity contribution in [3.05, 3.63) is 78.0 Å². The van der Waals surface area contributed by atoms with Crippen LogP contribution >= 0.6 is 0 Å². The molecule has 8 heteroatoms. The predicted octanol–water partition coefficient (Wildman–Crippen LogP) is 4.32. The van der Waals surface area contributed by atoms with Gasteiger partial charge in [0.15, 0.2) is 0 Å². The number of fused-ring (bicyclic) bond motifs is 1. The van der Waals surface area contributed by atoms with E-state index in [-0.39, 0.29) is 17.8 Å². The second-order valence-corrected chi connectivity index (χ2v) is 7.73. The molecule has 2 heterocycles. The lowest BCUT2D eigenvalue weighted by Gasteiger charge is -2.29. The standard InChI is InChI=1S/C25H26FN5O2/c1-3-33-23-12-17(7-8-20(23)16-5-4-6-19(26)11-16)25(32)31(2)22(9-10-27)21-15-28-13-18-14-29-30-24(18)21/h4-8,11-15,22H,3,9-10,27H2,1-2H3,(H,29,30)/t22-/m1/s1. The van der Waals surface area contributed by atoms with Gasteiger partial charge < -0.3 is 15.4 Å². The highest BCUT2D eigenvalue weighted by molar-refractivity contribution is 5.96. The topological polar surface area (TPSA) is 97.1 Å². The second-order valence-electron chi connectivity index (χ2n) is 7.73.